The maximum atomic E-state index is 11.0. The number of pyridine rings is 1. The summed E-state index contributed by atoms with van der Waals surface area (Å²) in [5.41, 5.74) is 0.873. The van der Waals surface area contributed by atoms with Crippen LogP contribution in [0.1, 0.15) is 16.1 Å². The highest BCUT2D eigenvalue weighted by Gasteiger charge is 2.09. The van der Waals surface area contributed by atoms with Crippen LogP contribution in [0.3, 0.4) is 0 Å². The van der Waals surface area contributed by atoms with Gasteiger partial charge in [0.25, 0.3) is 0 Å². The van der Waals surface area contributed by atoms with E-state index < -0.39 is 5.97 Å². The second-order valence-corrected chi connectivity index (χ2v) is 2.90. The van der Waals surface area contributed by atoms with E-state index in [0.29, 0.717) is 5.56 Å². The molecule has 13 heavy (non-hydrogen) atoms. The highest BCUT2D eigenvalue weighted by atomic mass is 35.5. The summed E-state index contributed by atoms with van der Waals surface area (Å²) in [5, 5.41) is 0.234. The minimum absolute atomic E-state index is 0.182. The van der Waals surface area contributed by atoms with Crippen LogP contribution in [0.2, 0.25) is 5.15 Å². The smallest absolute Gasteiger partial charge is 0.356 e. The van der Waals surface area contributed by atoms with E-state index in [9.17, 15) is 4.79 Å². The van der Waals surface area contributed by atoms with E-state index in [1.54, 1.807) is 6.07 Å². The van der Waals surface area contributed by atoms with E-state index in [-0.39, 0.29) is 16.7 Å². The van der Waals surface area contributed by atoms with E-state index in [1.807, 2.05) is 0 Å². The molecule has 1 rings (SSSR count). The summed E-state index contributed by atoms with van der Waals surface area (Å²) in [4.78, 5) is 14.8. The predicted octanol–water partition coefficient (Wildman–Crippen LogP) is 2.26. The SMILES string of the molecule is COC(=O)c1ccc(CCl)c(Cl)n1. The van der Waals surface area contributed by atoms with Crippen LogP contribution in [0.5, 0.6) is 0 Å². The van der Waals surface area contributed by atoms with Crippen LogP contribution in [0, 0.1) is 0 Å². The van der Waals surface area contributed by atoms with Crippen molar-refractivity contribution < 1.29 is 9.53 Å². The van der Waals surface area contributed by atoms with Gasteiger partial charge in [-0.3, -0.25) is 0 Å². The number of aromatic nitrogens is 1. The van der Waals surface area contributed by atoms with Gasteiger partial charge in [0, 0.05) is 5.56 Å². The average Bonchev–Trinajstić information content (AvgIpc) is 2.16. The normalized spacial score (nSPS) is 9.77. The van der Waals surface area contributed by atoms with Crippen LogP contribution in [0.4, 0.5) is 0 Å². The fourth-order valence-electron chi connectivity index (χ4n) is 0.781. The molecular formula is C8H7Cl2NO2. The number of halogens is 2. The number of rotatable bonds is 2. The van der Waals surface area contributed by atoms with Gasteiger partial charge in [0.1, 0.15) is 10.8 Å². The number of esters is 1. The molecule has 0 aromatic carbocycles. The minimum Gasteiger partial charge on any atom is -0.464 e. The van der Waals surface area contributed by atoms with Crippen LogP contribution in [0.15, 0.2) is 12.1 Å². The van der Waals surface area contributed by atoms with Crippen molar-refractivity contribution in [2.24, 2.45) is 0 Å². The van der Waals surface area contributed by atoms with Gasteiger partial charge >= 0.3 is 5.97 Å². The molecule has 0 atom stereocenters. The molecule has 0 unspecified atom stereocenters. The third kappa shape index (κ3) is 2.32. The molecule has 0 aliphatic heterocycles. The molecule has 1 aromatic rings. The Labute approximate surface area is 85.6 Å². The summed E-state index contributed by atoms with van der Waals surface area (Å²) < 4.78 is 4.47. The number of hydrogen-bond donors (Lipinski definition) is 0. The highest BCUT2D eigenvalue weighted by Crippen LogP contribution is 2.15. The van der Waals surface area contributed by atoms with E-state index in [2.05, 4.69) is 9.72 Å². The number of nitrogens with zero attached hydrogens (tertiary/aromatic N) is 1. The van der Waals surface area contributed by atoms with Gasteiger partial charge in [-0.25, -0.2) is 9.78 Å². The van der Waals surface area contributed by atoms with Crippen molar-refractivity contribution in [3.8, 4) is 0 Å². The molecule has 1 heterocycles. The first-order valence-electron chi connectivity index (χ1n) is 3.48. The standard InChI is InChI=1S/C8H7Cl2NO2/c1-13-8(12)6-3-2-5(4-9)7(10)11-6/h2-3H,4H2,1H3. The van der Waals surface area contributed by atoms with E-state index in [0.717, 1.165) is 0 Å². The molecule has 1 aromatic heterocycles. The van der Waals surface area contributed by atoms with Crippen molar-refractivity contribution in [2.75, 3.05) is 7.11 Å². The molecule has 0 saturated heterocycles. The first-order chi connectivity index (χ1) is 6.19. The average molecular weight is 220 g/mol. The molecule has 0 aliphatic rings. The summed E-state index contributed by atoms with van der Waals surface area (Å²) in [6, 6.07) is 3.17. The molecule has 3 nitrogen and oxygen atoms in total. The molecule has 0 aliphatic carbocycles. The molecule has 0 radical (unpaired) electrons. The molecular weight excluding hydrogens is 213 g/mol. The summed E-state index contributed by atoms with van der Waals surface area (Å²) in [5.74, 6) is -0.240. The van der Waals surface area contributed by atoms with Crippen LogP contribution in [-0.4, -0.2) is 18.1 Å². The van der Waals surface area contributed by atoms with Gasteiger partial charge in [0.15, 0.2) is 0 Å². The van der Waals surface area contributed by atoms with Crippen LogP contribution in [-0.2, 0) is 10.6 Å². The van der Waals surface area contributed by atoms with Crippen LogP contribution < -0.4 is 0 Å². The largest absolute Gasteiger partial charge is 0.464 e. The van der Waals surface area contributed by atoms with Crippen molar-refractivity contribution in [1.82, 2.24) is 4.98 Å². The van der Waals surface area contributed by atoms with Crippen LogP contribution >= 0.6 is 23.2 Å². The van der Waals surface area contributed by atoms with E-state index >= 15 is 0 Å². The predicted molar refractivity (Wildman–Crippen MR) is 50.1 cm³/mol. The quantitative estimate of drug-likeness (QED) is 0.436. The van der Waals surface area contributed by atoms with E-state index in [4.69, 9.17) is 23.2 Å². The van der Waals surface area contributed by atoms with Crippen molar-refractivity contribution in [3.05, 3.63) is 28.5 Å². The zero-order chi connectivity index (χ0) is 9.84. The highest BCUT2D eigenvalue weighted by molar-refractivity contribution is 6.31. The Bertz CT molecular complexity index is 328. The maximum Gasteiger partial charge on any atom is 0.356 e. The minimum atomic E-state index is -0.511. The van der Waals surface area contributed by atoms with Gasteiger partial charge in [0.2, 0.25) is 0 Å². The van der Waals surface area contributed by atoms with Crippen molar-refractivity contribution in [2.45, 2.75) is 5.88 Å². The molecule has 0 saturated carbocycles. The summed E-state index contributed by atoms with van der Waals surface area (Å²) in [6.45, 7) is 0. The second kappa shape index (κ2) is 4.44. The third-order valence-corrected chi connectivity index (χ3v) is 2.08. The number of ether oxygens (including phenoxy) is 1. The molecule has 0 fully saturated rings. The summed E-state index contributed by atoms with van der Waals surface area (Å²) in [6.07, 6.45) is 0. The van der Waals surface area contributed by atoms with Gasteiger partial charge in [-0.15, -0.1) is 11.6 Å². The van der Waals surface area contributed by atoms with E-state index in [1.165, 1.54) is 13.2 Å². The zero-order valence-corrected chi connectivity index (χ0v) is 8.39. The fourth-order valence-corrected chi connectivity index (χ4v) is 1.29. The number of carbonyl (C=O) groups is 1. The molecule has 0 spiro atoms. The lowest BCUT2D eigenvalue weighted by atomic mass is 10.3. The lowest BCUT2D eigenvalue weighted by Crippen LogP contribution is -2.04. The Hall–Kier alpha value is -0.800. The number of carbonyl (C=O) groups excluding carboxylic acids is 1. The zero-order valence-electron chi connectivity index (χ0n) is 6.88. The van der Waals surface area contributed by atoms with Crippen LogP contribution in [0.25, 0.3) is 0 Å². The Kier molecular flexibility index (Phi) is 3.51. The van der Waals surface area contributed by atoms with Gasteiger partial charge in [-0.2, -0.15) is 0 Å². The third-order valence-electron chi connectivity index (χ3n) is 1.46. The maximum absolute atomic E-state index is 11.0. The second-order valence-electron chi connectivity index (χ2n) is 2.27. The first-order valence-corrected chi connectivity index (χ1v) is 4.40. The van der Waals surface area contributed by atoms with Crippen molar-refractivity contribution in [3.63, 3.8) is 0 Å². The fraction of sp³-hybridized carbons (Fsp3) is 0.250. The van der Waals surface area contributed by atoms with Gasteiger partial charge < -0.3 is 4.74 Å². The van der Waals surface area contributed by atoms with Crippen molar-refractivity contribution >= 4 is 29.2 Å². The molecule has 0 N–H and O–H groups in total. The van der Waals surface area contributed by atoms with Gasteiger partial charge in [0.05, 0.1) is 13.0 Å². The Morgan fingerprint density at radius 2 is 2.31 bits per heavy atom. The molecule has 0 bridgehead atoms. The first kappa shape index (κ1) is 10.3. The molecule has 5 heteroatoms. The van der Waals surface area contributed by atoms with Crippen molar-refractivity contribution in [1.29, 1.82) is 0 Å². The number of hydrogen-bond acceptors (Lipinski definition) is 3. The molecule has 70 valence electrons. The Morgan fingerprint density at radius 1 is 1.62 bits per heavy atom. The topological polar surface area (TPSA) is 39.2 Å². The lowest BCUT2D eigenvalue weighted by molar-refractivity contribution is 0.0594. The lowest BCUT2D eigenvalue weighted by Gasteiger charge is -2.01. The number of alkyl halides is 1. The van der Waals surface area contributed by atoms with Gasteiger partial charge in [-0.05, 0) is 6.07 Å². The number of methoxy groups -OCH3 is 1. The van der Waals surface area contributed by atoms with Gasteiger partial charge in [-0.1, -0.05) is 17.7 Å². The summed E-state index contributed by atoms with van der Waals surface area (Å²) in [7, 11) is 1.29. The monoisotopic (exact) mass is 219 g/mol. The Balaban J connectivity index is 3.02. The molecule has 0 amide bonds. The summed E-state index contributed by atoms with van der Waals surface area (Å²) >= 11 is 11.3. The Morgan fingerprint density at radius 3 is 2.77 bits per heavy atom.